The number of benzene rings is 1. The van der Waals surface area contributed by atoms with E-state index in [9.17, 15) is 4.79 Å². The van der Waals surface area contributed by atoms with Crippen LogP contribution in [0.25, 0.3) is 10.4 Å². The van der Waals surface area contributed by atoms with Crippen LogP contribution < -0.4 is 5.73 Å². The van der Waals surface area contributed by atoms with Crippen molar-refractivity contribution < 1.29 is 9.53 Å². The maximum absolute atomic E-state index is 11.4. The Morgan fingerprint density at radius 1 is 1.27 bits per heavy atom. The number of hydrogen-bond donors (Lipinski definition) is 1. The lowest BCUT2D eigenvalue weighted by atomic mass is 9.99. The lowest BCUT2D eigenvalue weighted by Crippen LogP contribution is -2.28. The molecule has 1 aromatic heterocycles. The van der Waals surface area contributed by atoms with Gasteiger partial charge in [-0.2, -0.15) is 0 Å². The van der Waals surface area contributed by atoms with E-state index in [2.05, 4.69) is 23.2 Å². The summed E-state index contributed by atoms with van der Waals surface area (Å²) in [5.74, 6) is 0.115. The van der Waals surface area contributed by atoms with E-state index in [4.69, 9.17) is 10.5 Å². The first-order chi connectivity index (χ1) is 10.5. The molecule has 0 amide bonds. The topological polar surface area (TPSA) is 64.7 Å². The fourth-order valence-electron chi connectivity index (χ4n) is 3.26. The molecule has 0 fully saturated rings. The Kier molecular flexibility index (Phi) is 2.87. The molecule has 1 unspecified atom stereocenters. The molecule has 1 aromatic carbocycles. The van der Waals surface area contributed by atoms with E-state index in [1.54, 1.807) is 18.3 Å². The van der Waals surface area contributed by atoms with E-state index < -0.39 is 0 Å². The molecule has 2 aromatic rings. The molecule has 22 heavy (non-hydrogen) atoms. The van der Waals surface area contributed by atoms with Gasteiger partial charge in [-0.3, -0.25) is 4.79 Å². The molecular weight excluding hydrogens is 296 g/mol. The minimum Gasteiger partial charge on any atom is -0.463 e. The molecule has 1 aliphatic carbocycles. The number of rotatable bonds is 2. The highest BCUT2D eigenvalue weighted by molar-refractivity contribution is 7.17. The van der Waals surface area contributed by atoms with Gasteiger partial charge in [-0.15, -0.1) is 11.3 Å². The molecule has 1 atom stereocenters. The van der Waals surface area contributed by atoms with Crippen molar-refractivity contribution in [3.63, 3.8) is 0 Å². The zero-order chi connectivity index (χ0) is 15.3. The van der Waals surface area contributed by atoms with Crippen molar-refractivity contribution in [1.29, 1.82) is 0 Å². The van der Waals surface area contributed by atoms with Gasteiger partial charge in [0, 0.05) is 17.7 Å². The monoisotopic (exact) mass is 312 g/mol. The standard InChI is InChI=1S/C17H16N2O2S/c1-10(20)14-4-5-15(22-14)11-2-3-12-7-17(8-13(12)6-11)9-21-16(18)19-17/h2-6H,7-9H2,1H3,(H2,18,19). The van der Waals surface area contributed by atoms with Crippen molar-refractivity contribution in [3.8, 4) is 10.4 Å². The van der Waals surface area contributed by atoms with Gasteiger partial charge >= 0.3 is 0 Å². The average Bonchev–Trinajstić information content (AvgIpc) is 3.16. The van der Waals surface area contributed by atoms with Gasteiger partial charge in [0.05, 0.1) is 4.88 Å². The molecule has 0 radical (unpaired) electrons. The maximum atomic E-state index is 11.4. The second kappa shape index (κ2) is 4.68. The summed E-state index contributed by atoms with van der Waals surface area (Å²) < 4.78 is 5.36. The highest BCUT2D eigenvalue weighted by Gasteiger charge is 2.41. The Bertz CT molecular complexity index is 809. The average molecular weight is 312 g/mol. The van der Waals surface area contributed by atoms with Gasteiger partial charge in [0.25, 0.3) is 6.02 Å². The molecule has 2 N–H and O–H groups in total. The van der Waals surface area contributed by atoms with Crippen molar-refractivity contribution in [2.24, 2.45) is 10.7 Å². The van der Waals surface area contributed by atoms with Crippen LogP contribution in [0.1, 0.15) is 27.7 Å². The predicted octanol–water partition coefficient (Wildman–Crippen LogP) is 2.80. The maximum Gasteiger partial charge on any atom is 0.282 e. The number of nitrogens with two attached hydrogens (primary N) is 1. The van der Waals surface area contributed by atoms with Gasteiger partial charge in [-0.25, -0.2) is 4.99 Å². The third-order valence-electron chi connectivity index (χ3n) is 4.32. The van der Waals surface area contributed by atoms with Crippen LogP contribution in [0.5, 0.6) is 0 Å². The Morgan fingerprint density at radius 2 is 2.09 bits per heavy atom. The molecule has 0 bridgehead atoms. The molecule has 4 rings (SSSR count). The number of ether oxygens (including phenoxy) is 1. The molecule has 1 aliphatic heterocycles. The molecule has 0 saturated carbocycles. The Hall–Kier alpha value is -2.14. The van der Waals surface area contributed by atoms with E-state index in [1.165, 1.54) is 11.1 Å². The number of nitrogens with zero attached hydrogens (tertiary/aromatic N) is 1. The van der Waals surface area contributed by atoms with Crippen LogP contribution in [0.2, 0.25) is 0 Å². The fourth-order valence-corrected chi connectivity index (χ4v) is 4.16. The predicted molar refractivity (Wildman–Crippen MR) is 87.5 cm³/mol. The molecule has 4 nitrogen and oxygen atoms in total. The molecular formula is C17H16N2O2S. The van der Waals surface area contributed by atoms with Crippen molar-refractivity contribution in [2.75, 3.05) is 6.61 Å². The summed E-state index contributed by atoms with van der Waals surface area (Å²) in [7, 11) is 0. The Balaban J connectivity index is 1.67. The third kappa shape index (κ3) is 2.13. The smallest absolute Gasteiger partial charge is 0.282 e. The quantitative estimate of drug-likeness (QED) is 0.867. The second-order valence-corrected chi connectivity index (χ2v) is 7.10. The van der Waals surface area contributed by atoms with Crippen molar-refractivity contribution >= 4 is 23.1 Å². The molecule has 2 heterocycles. The largest absolute Gasteiger partial charge is 0.463 e. The summed E-state index contributed by atoms with van der Waals surface area (Å²) in [6.45, 7) is 2.17. The van der Waals surface area contributed by atoms with E-state index in [0.29, 0.717) is 12.6 Å². The Morgan fingerprint density at radius 3 is 2.77 bits per heavy atom. The lowest BCUT2D eigenvalue weighted by molar-refractivity contribution is 0.102. The minimum atomic E-state index is -0.203. The van der Waals surface area contributed by atoms with Gasteiger partial charge in [-0.1, -0.05) is 12.1 Å². The number of Topliss-reactive ketones (excluding diaryl/α,β-unsaturated/α-hetero) is 1. The highest BCUT2D eigenvalue weighted by atomic mass is 32.1. The molecule has 5 heteroatoms. The SMILES string of the molecule is CC(=O)c1ccc(-c2ccc3c(c2)CC2(COC(N)=N2)C3)s1. The van der Waals surface area contributed by atoms with Crippen LogP contribution in [0.3, 0.4) is 0 Å². The molecule has 112 valence electrons. The normalized spacial score (nSPS) is 22.5. The van der Waals surface area contributed by atoms with E-state index in [0.717, 1.165) is 28.2 Å². The number of amidine groups is 1. The van der Waals surface area contributed by atoms with Crippen LogP contribution in [-0.4, -0.2) is 24.0 Å². The first-order valence-electron chi connectivity index (χ1n) is 7.26. The first-order valence-corrected chi connectivity index (χ1v) is 8.07. The zero-order valence-corrected chi connectivity index (χ0v) is 13.1. The van der Waals surface area contributed by atoms with Crippen molar-refractivity contribution in [1.82, 2.24) is 0 Å². The summed E-state index contributed by atoms with van der Waals surface area (Å²) in [6.07, 6.45) is 1.74. The summed E-state index contributed by atoms with van der Waals surface area (Å²) in [5.41, 5.74) is 9.24. The Labute approximate surface area is 132 Å². The van der Waals surface area contributed by atoms with E-state index in [1.807, 2.05) is 12.1 Å². The minimum absolute atomic E-state index is 0.115. The summed E-state index contributed by atoms with van der Waals surface area (Å²) in [5, 5.41) is 0. The number of ketones is 1. The fraction of sp³-hybridized carbons (Fsp3) is 0.294. The van der Waals surface area contributed by atoms with Crippen LogP contribution in [0.4, 0.5) is 0 Å². The first kappa shape index (κ1) is 13.5. The third-order valence-corrected chi connectivity index (χ3v) is 5.55. The second-order valence-electron chi connectivity index (χ2n) is 6.02. The molecule has 0 saturated heterocycles. The zero-order valence-electron chi connectivity index (χ0n) is 12.3. The number of thiophene rings is 1. The van der Waals surface area contributed by atoms with Gasteiger partial charge in [0.15, 0.2) is 5.78 Å². The number of fused-ring (bicyclic) bond motifs is 1. The number of carbonyl (C=O) groups is 1. The van der Waals surface area contributed by atoms with E-state index in [-0.39, 0.29) is 11.3 Å². The number of aliphatic imine (C=N–C) groups is 1. The molecule has 1 spiro atoms. The number of hydrogen-bond acceptors (Lipinski definition) is 5. The van der Waals surface area contributed by atoms with Gasteiger partial charge < -0.3 is 10.5 Å². The van der Waals surface area contributed by atoms with Gasteiger partial charge in [-0.05, 0) is 41.8 Å². The van der Waals surface area contributed by atoms with Gasteiger partial charge in [0.1, 0.15) is 12.1 Å². The van der Waals surface area contributed by atoms with Crippen molar-refractivity contribution in [2.45, 2.75) is 25.3 Å². The highest BCUT2D eigenvalue weighted by Crippen LogP contribution is 2.38. The lowest BCUT2D eigenvalue weighted by Gasteiger charge is -2.15. The van der Waals surface area contributed by atoms with E-state index >= 15 is 0 Å². The van der Waals surface area contributed by atoms with Crippen LogP contribution in [-0.2, 0) is 17.6 Å². The summed E-state index contributed by atoms with van der Waals surface area (Å²) >= 11 is 1.54. The van der Waals surface area contributed by atoms with Crippen LogP contribution in [0.15, 0.2) is 35.3 Å². The summed E-state index contributed by atoms with van der Waals surface area (Å²) in [6, 6.07) is 10.7. The molecule has 2 aliphatic rings. The van der Waals surface area contributed by atoms with Crippen molar-refractivity contribution in [3.05, 3.63) is 46.3 Å². The van der Waals surface area contributed by atoms with Crippen LogP contribution in [0, 0.1) is 0 Å². The van der Waals surface area contributed by atoms with Gasteiger partial charge in [0.2, 0.25) is 0 Å². The number of carbonyl (C=O) groups excluding carboxylic acids is 1. The summed E-state index contributed by atoms with van der Waals surface area (Å²) in [4.78, 5) is 17.9. The van der Waals surface area contributed by atoms with Crippen LogP contribution >= 0.6 is 11.3 Å².